The zero-order valence-corrected chi connectivity index (χ0v) is 13.4. The lowest BCUT2D eigenvalue weighted by Gasteiger charge is -2.37. The first kappa shape index (κ1) is 13.7. The van der Waals surface area contributed by atoms with Crippen LogP contribution in [0.5, 0.6) is 0 Å². The van der Waals surface area contributed by atoms with Crippen molar-refractivity contribution in [2.24, 2.45) is 16.7 Å². The van der Waals surface area contributed by atoms with Crippen LogP contribution in [0, 0.1) is 16.7 Å². The molecule has 3 fully saturated rings. The lowest BCUT2D eigenvalue weighted by Crippen LogP contribution is -2.41. The van der Waals surface area contributed by atoms with E-state index in [0.29, 0.717) is 18.2 Å². The Labute approximate surface area is 126 Å². The Morgan fingerprint density at radius 1 is 1.38 bits per heavy atom. The van der Waals surface area contributed by atoms with Crippen molar-refractivity contribution in [1.29, 1.82) is 0 Å². The summed E-state index contributed by atoms with van der Waals surface area (Å²) in [6.45, 7) is 4.99. The Balaban J connectivity index is 1.73. The predicted octanol–water partition coefficient (Wildman–Crippen LogP) is 2.42. The van der Waals surface area contributed by atoms with E-state index in [-0.39, 0.29) is 16.9 Å². The van der Waals surface area contributed by atoms with E-state index >= 15 is 0 Å². The monoisotopic (exact) mass is 306 g/mol. The largest absolute Gasteiger partial charge is 0.260 e. The topological polar surface area (TPSA) is 50.3 Å². The number of fused-ring (bicyclic) bond motifs is 1. The molecule has 0 unspecified atom stereocenters. The molecule has 0 radical (unpaired) electrons. The molecule has 114 valence electrons. The van der Waals surface area contributed by atoms with Crippen LogP contribution in [0.3, 0.4) is 0 Å². The highest BCUT2D eigenvalue weighted by Gasteiger charge is 2.71. The zero-order chi connectivity index (χ0) is 14.9. The number of sulfonamides is 1. The Bertz CT molecular complexity index is 671. The van der Waals surface area contributed by atoms with Crippen LogP contribution in [-0.2, 0) is 16.6 Å². The average molecular weight is 306 g/mol. The van der Waals surface area contributed by atoms with E-state index in [9.17, 15) is 8.42 Å². The minimum atomic E-state index is -3.17. The van der Waals surface area contributed by atoms with Gasteiger partial charge in [0.2, 0.25) is 10.0 Å². The molecule has 0 amide bonds. The van der Waals surface area contributed by atoms with Crippen molar-refractivity contribution >= 4 is 10.0 Å². The predicted molar refractivity (Wildman–Crippen MR) is 80.9 cm³/mol. The van der Waals surface area contributed by atoms with Crippen molar-refractivity contribution in [2.45, 2.75) is 45.7 Å². The van der Waals surface area contributed by atoms with E-state index in [4.69, 9.17) is 0 Å². The molecule has 0 aromatic carbocycles. The van der Waals surface area contributed by atoms with Crippen molar-refractivity contribution in [3.63, 3.8) is 0 Å². The molecule has 1 saturated heterocycles. The lowest BCUT2D eigenvalue weighted by molar-refractivity contribution is 0.111. The summed E-state index contributed by atoms with van der Waals surface area (Å²) in [6, 6.07) is 5.88. The van der Waals surface area contributed by atoms with E-state index in [1.54, 1.807) is 10.5 Å². The summed E-state index contributed by atoms with van der Waals surface area (Å²) in [4.78, 5) is 4.31. The van der Waals surface area contributed by atoms with E-state index < -0.39 is 10.0 Å². The van der Waals surface area contributed by atoms with Gasteiger partial charge in [0.15, 0.2) is 0 Å². The van der Waals surface area contributed by atoms with Crippen LogP contribution < -0.4 is 0 Å². The van der Waals surface area contributed by atoms with Crippen LogP contribution >= 0.6 is 0 Å². The molecule has 21 heavy (non-hydrogen) atoms. The summed E-state index contributed by atoms with van der Waals surface area (Å²) >= 11 is 0. The summed E-state index contributed by atoms with van der Waals surface area (Å²) in [5.74, 6) is 1.00. The molecule has 2 heterocycles. The van der Waals surface area contributed by atoms with Crippen molar-refractivity contribution in [3.05, 3.63) is 30.1 Å². The zero-order valence-electron chi connectivity index (χ0n) is 12.6. The van der Waals surface area contributed by atoms with Gasteiger partial charge in [-0.2, -0.15) is 4.31 Å². The normalized spacial score (nSPS) is 39.5. The van der Waals surface area contributed by atoms with Crippen molar-refractivity contribution in [2.75, 3.05) is 5.75 Å². The number of nitrogens with zero attached hydrogens (tertiary/aromatic N) is 2. The van der Waals surface area contributed by atoms with Crippen LogP contribution in [0.2, 0.25) is 0 Å². The highest BCUT2D eigenvalue weighted by atomic mass is 32.2. The second-order valence-corrected chi connectivity index (χ2v) is 9.41. The molecular weight excluding hydrogens is 284 g/mol. The van der Waals surface area contributed by atoms with Gasteiger partial charge >= 0.3 is 0 Å². The second kappa shape index (κ2) is 4.07. The summed E-state index contributed by atoms with van der Waals surface area (Å²) in [5, 5.41) is 0. The third-order valence-corrected chi connectivity index (χ3v) is 8.56. The summed E-state index contributed by atoms with van der Waals surface area (Å²) in [7, 11) is -3.17. The maximum absolute atomic E-state index is 12.7. The number of aromatic nitrogens is 1. The van der Waals surface area contributed by atoms with Crippen LogP contribution in [0.4, 0.5) is 0 Å². The van der Waals surface area contributed by atoms with E-state index in [1.807, 2.05) is 18.2 Å². The molecule has 0 N–H and O–H groups in total. The number of hydrogen-bond donors (Lipinski definition) is 0. The molecule has 3 atom stereocenters. The molecule has 2 bridgehead atoms. The molecule has 4 rings (SSSR count). The molecular formula is C16H22N2O2S. The van der Waals surface area contributed by atoms with Crippen LogP contribution in [0.25, 0.3) is 0 Å². The Kier molecular flexibility index (Phi) is 2.66. The van der Waals surface area contributed by atoms with Gasteiger partial charge in [0.25, 0.3) is 0 Å². The molecule has 2 saturated carbocycles. The van der Waals surface area contributed by atoms with Crippen LogP contribution in [0.1, 0.15) is 38.8 Å². The molecule has 4 nitrogen and oxygen atoms in total. The van der Waals surface area contributed by atoms with Crippen molar-refractivity contribution < 1.29 is 8.42 Å². The second-order valence-electron chi connectivity index (χ2n) is 7.49. The van der Waals surface area contributed by atoms with Gasteiger partial charge < -0.3 is 0 Å². The average Bonchev–Trinajstić information content (AvgIpc) is 2.90. The van der Waals surface area contributed by atoms with Gasteiger partial charge in [-0.25, -0.2) is 8.42 Å². The van der Waals surface area contributed by atoms with E-state index in [1.165, 1.54) is 6.42 Å². The van der Waals surface area contributed by atoms with Crippen molar-refractivity contribution in [1.82, 2.24) is 9.29 Å². The molecule has 2 aliphatic carbocycles. The minimum Gasteiger partial charge on any atom is -0.260 e. The molecule has 1 aromatic heterocycles. The van der Waals surface area contributed by atoms with Crippen LogP contribution in [0.15, 0.2) is 24.4 Å². The summed E-state index contributed by atoms with van der Waals surface area (Å²) < 4.78 is 27.3. The fourth-order valence-corrected chi connectivity index (χ4v) is 7.76. The maximum Gasteiger partial charge on any atom is 0.215 e. The molecule has 1 spiro atoms. The van der Waals surface area contributed by atoms with E-state index in [2.05, 4.69) is 18.8 Å². The molecule has 5 heteroatoms. The first-order chi connectivity index (χ1) is 9.87. The third-order valence-electron chi connectivity index (χ3n) is 6.58. The van der Waals surface area contributed by atoms with E-state index in [0.717, 1.165) is 18.5 Å². The first-order valence-electron chi connectivity index (χ1n) is 7.76. The Hall–Kier alpha value is -0.940. The summed E-state index contributed by atoms with van der Waals surface area (Å²) in [5.41, 5.74) is 0.952. The van der Waals surface area contributed by atoms with Gasteiger partial charge in [-0.15, -0.1) is 0 Å². The van der Waals surface area contributed by atoms with Gasteiger partial charge in [-0.3, -0.25) is 4.98 Å². The number of pyridine rings is 1. The molecule has 1 aromatic rings. The Morgan fingerprint density at radius 3 is 2.86 bits per heavy atom. The first-order valence-corrected chi connectivity index (χ1v) is 9.37. The van der Waals surface area contributed by atoms with Crippen molar-refractivity contribution in [3.8, 4) is 0 Å². The lowest BCUT2D eigenvalue weighted by atomic mass is 9.69. The highest BCUT2D eigenvalue weighted by molar-refractivity contribution is 7.89. The third kappa shape index (κ3) is 1.65. The van der Waals surface area contributed by atoms with Gasteiger partial charge in [-0.05, 0) is 42.7 Å². The smallest absolute Gasteiger partial charge is 0.215 e. The SMILES string of the molecule is CC1(C)[C@@H]2CC[C@]13CS(=O)(=O)N(Cc1ccccn1)[C@@H]3C2. The van der Waals surface area contributed by atoms with Crippen LogP contribution in [-0.4, -0.2) is 29.5 Å². The van der Waals surface area contributed by atoms with Gasteiger partial charge in [0.05, 0.1) is 18.0 Å². The van der Waals surface area contributed by atoms with Gasteiger partial charge in [0, 0.05) is 17.7 Å². The molecule has 1 aliphatic heterocycles. The highest BCUT2D eigenvalue weighted by Crippen LogP contribution is 2.70. The minimum absolute atomic E-state index is 0.0364. The quantitative estimate of drug-likeness (QED) is 0.843. The number of rotatable bonds is 2. The summed E-state index contributed by atoms with van der Waals surface area (Å²) in [6.07, 6.45) is 5.02. The maximum atomic E-state index is 12.7. The Morgan fingerprint density at radius 2 is 2.19 bits per heavy atom. The fraction of sp³-hybridized carbons (Fsp3) is 0.688. The van der Waals surface area contributed by atoms with Gasteiger partial charge in [-0.1, -0.05) is 19.9 Å². The number of hydrogen-bond acceptors (Lipinski definition) is 3. The molecule has 3 aliphatic rings. The van der Waals surface area contributed by atoms with Gasteiger partial charge in [0.1, 0.15) is 0 Å². The fourth-order valence-electron chi connectivity index (χ4n) is 5.23. The standard InChI is InChI=1S/C16H22N2O2S/c1-15(2)12-6-7-16(15)11-21(19,20)18(14(16)9-12)10-13-5-3-4-8-17-13/h3-5,8,12,14H,6-7,9-11H2,1-2H3/t12-,14-,16-/m1/s1.